The van der Waals surface area contributed by atoms with Crippen molar-refractivity contribution in [1.82, 2.24) is 4.72 Å². The average molecular weight is 544 g/mol. The van der Waals surface area contributed by atoms with Gasteiger partial charge in [-0.25, -0.2) is 12.8 Å². The van der Waals surface area contributed by atoms with Gasteiger partial charge in [0.15, 0.2) is 0 Å². The molecule has 0 heterocycles. The number of ether oxygens (including phenoxy) is 1. The molecule has 2 N–H and O–H groups in total. The van der Waals surface area contributed by atoms with Gasteiger partial charge in [0, 0.05) is 6.42 Å². The Morgan fingerprint density at radius 2 is 1.50 bits per heavy atom. The normalized spacial score (nSPS) is 14.1. The van der Waals surface area contributed by atoms with Gasteiger partial charge in [-0.1, -0.05) is 45.0 Å². The zero-order valence-electron chi connectivity index (χ0n) is 20.4. The molecule has 0 aliphatic heterocycles. The van der Waals surface area contributed by atoms with Gasteiger partial charge in [-0.05, 0) is 48.7 Å². The van der Waals surface area contributed by atoms with E-state index >= 15 is 0 Å². The third kappa shape index (κ3) is 7.12. The van der Waals surface area contributed by atoms with E-state index in [9.17, 15) is 31.1 Å². The lowest BCUT2D eigenvalue weighted by atomic mass is 9.72. The Morgan fingerprint density at radius 1 is 0.972 bits per heavy atom. The summed E-state index contributed by atoms with van der Waals surface area (Å²) in [7, 11) is -8.34. The van der Waals surface area contributed by atoms with E-state index in [1.54, 1.807) is 12.1 Å². The molecule has 12 heteroatoms. The molecule has 0 unspecified atom stereocenters. The van der Waals surface area contributed by atoms with Crippen LogP contribution in [0.2, 0.25) is 0 Å². The molecule has 0 fully saturated rings. The summed E-state index contributed by atoms with van der Waals surface area (Å²) < 4.78 is 76.5. The molecule has 0 amide bonds. The van der Waals surface area contributed by atoms with Gasteiger partial charge in [-0.15, -0.1) is 0 Å². The summed E-state index contributed by atoms with van der Waals surface area (Å²) in [6.07, 6.45) is -0.752. The molecule has 2 aromatic rings. The first kappa shape index (κ1) is 29.4. The Balaban J connectivity index is 2.08. The van der Waals surface area contributed by atoms with E-state index in [1.807, 2.05) is 6.92 Å². The summed E-state index contributed by atoms with van der Waals surface area (Å²) in [6, 6.07) is 11.2. The summed E-state index contributed by atoms with van der Waals surface area (Å²) in [5.74, 6) is -2.30. The molecular formula is C24H30FNO8S2. The molecule has 0 saturated carbocycles. The number of halogens is 1. The molecule has 198 valence electrons. The van der Waals surface area contributed by atoms with Crippen LogP contribution in [0.5, 0.6) is 5.75 Å². The fourth-order valence-corrected chi connectivity index (χ4v) is 5.69. The first-order valence-electron chi connectivity index (χ1n) is 10.8. The van der Waals surface area contributed by atoms with Crippen molar-refractivity contribution < 1.29 is 40.0 Å². The summed E-state index contributed by atoms with van der Waals surface area (Å²) in [6.45, 7) is 8.93. The van der Waals surface area contributed by atoms with Crippen molar-refractivity contribution in [3.63, 3.8) is 0 Å². The lowest BCUT2D eigenvalue weighted by Gasteiger charge is -2.41. The Labute approximate surface area is 211 Å². The van der Waals surface area contributed by atoms with Crippen LogP contribution in [0, 0.1) is 12.3 Å². The van der Waals surface area contributed by atoms with Crippen molar-refractivity contribution in [2.24, 2.45) is 5.41 Å². The van der Waals surface area contributed by atoms with Crippen LogP contribution in [0.1, 0.15) is 32.8 Å². The van der Waals surface area contributed by atoms with Crippen molar-refractivity contribution in [3.05, 3.63) is 66.5 Å². The second-order valence-electron chi connectivity index (χ2n) is 9.17. The highest BCUT2D eigenvalue weighted by atomic mass is 32.2. The molecule has 0 aliphatic rings. The monoisotopic (exact) mass is 543 g/mol. The number of benzene rings is 2. The molecule has 0 aromatic heterocycles. The standard InChI is InChI=1S/C24H30FNO8S2/c1-17-6-10-21(11-7-17)36(31,32)34-15-14-33-19-8-12-20(13-9-19)35(29,30)26-24(22(27)28,16-18(2)25)23(3,4)5/h6-13,26H,2,14-16H2,1,3-5H3,(H,27,28)/t24-/m1/s1. The van der Waals surface area contributed by atoms with Gasteiger partial charge in [0.25, 0.3) is 10.1 Å². The fraction of sp³-hybridized carbons (Fsp3) is 0.375. The molecule has 2 rings (SSSR count). The number of hydrogen-bond acceptors (Lipinski definition) is 7. The number of carboxylic acids is 1. The molecule has 36 heavy (non-hydrogen) atoms. The van der Waals surface area contributed by atoms with Gasteiger partial charge in [0.2, 0.25) is 10.0 Å². The van der Waals surface area contributed by atoms with Gasteiger partial charge in [0.1, 0.15) is 24.5 Å². The second-order valence-corrected chi connectivity index (χ2v) is 12.5. The van der Waals surface area contributed by atoms with Crippen molar-refractivity contribution in [3.8, 4) is 5.75 Å². The highest BCUT2D eigenvalue weighted by molar-refractivity contribution is 7.89. The summed E-state index contributed by atoms with van der Waals surface area (Å²) >= 11 is 0. The predicted molar refractivity (Wildman–Crippen MR) is 131 cm³/mol. The highest BCUT2D eigenvalue weighted by Crippen LogP contribution is 2.37. The SMILES string of the molecule is C=C(F)C[C@@](NS(=O)(=O)c1ccc(OCCOS(=O)(=O)c2ccc(C)cc2)cc1)(C(=O)O)C(C)(C)C. The van der Waals surface area contributed by atoms with Gasteiger partial charge in [-0.3, -0.25) is 8.98 Å². The summed E-state index contributed by atoms with van der Waals surface area (Å²) in [4.78, 5) is 11.8. The first-order chi connectivity index (χ1) is 16.5. The molecular weight excluding hydrogens is 513 g/mol. The third-order valence-electron chi connectivity index (χ3n) is 5.45. The third-order valence-corrected chi connectivity index (χ3v) is 8.28. The van der Waals surface area contributed by atoms with Crippen molar-refractivity contribution in [2.75, 3.05) is 13.2 Å². The van der Waals surface area contributed by atoms with E-state index in [2.05, 4.69) is 11.3 Å². The quantitative estimate of drug-likeness (QED) is 0.305. The number of carbonyl (C=O) groups is 1. The fourth-order valence-electron chi connectivity index (χ4n) is 3.26. The Bertz CT molecular complexity index is 1300. The molecule has 0 bridgehead atoms. The van der Waals surface area contributed by atoms with Crippen molar-refractivity contribution in [1.29, 1.82) is 0 Å². The number of carboxylic acid groups (broad SMARTS) is 1. The van der Waals surface area contributed by atoms with Gasteiger partial charge < -0.3 is 9.84 Å². The minimum absolute atomic E-state index is 0.0131. The minimum Gasteiger partial charge on any atom is -0.491 e. The smallest absolute Gasteiger partial charge is 0.325 e. The maximum atomic E-state index is 13.7. The van der Waals surface area contributed by atoms with E-state index < -0.39 is 49.3 Å². The predicted octanol–water partition coefficient (Wildman–Crippen LogP) is 3.80. The van der Waals surface area contributed by atoms with Gasteiger partial charge in [0.05, 0.1) is 15.6 Å². The van der Waals surface area contributed by atoms with E-state index in [0.29, 0.717) is 0 Å². The first-order valence-corrected chi connectivity index (χ1v) is 13.7. The maximum absolute atomic E-state index is 13.7. The maximum Gasteiger partial charge on any atom is 0.325 e. The van der Waals surface area contributed by atoms with Crippen LogP contribution >= 0.6 is 0 Å². The van der Waals surface area contributed by atoms with Gasteiger partial charge >= 0.3 is 5.97 Å². The number of aliphatic carboxylic acids is 1. The number of aryl methyl sites for hydroxylation is 1. The van der Waals surface area contributed by atoms with E-state index in [0.717, 1.165) is 5.56 Å². The number of rotatable bonds is 12. The van der Waals surface area contributed by atoms with Crippen LogP contribution in [0.15, 0.2) is 70.7 Å². The van der Waals surface area contributed by atoms with Crippen LogP contribution < -0.4 is 9.46 Å². The lowest BCUT2D eigenvalue weighted by Crippen LogP contribution is -2.62. The van der Waals surface area contributed by atoms with E-state index in [-0.39, 0.29) is 28.8 Å². The van der Waals surface area contributed by atoms with Crippen LogP contribution in [0.25, 0.3) is 0 Å². The zero-order chi connectivity index (χ0) is 27.4. The van der Waals surface area contributed by atoms with E-state index in [1.165, 1.54) is 57.2 Å². The van der Waals surface area contributed by atoms with Crippen molar-refractivity contribution >= 4 is 26.1 Å². The zero-order valence-corrected chi connectivity index (χ0v) is 22.1. The molecule has 9 nitrogen and oxygen atoms in total. The average Bonchev–Trinajstić information content (AvgIpc) is 2.75. The molecule has 0 saturated heterocycles. The molecule has 2 aromatic carbocycles. The molecule has 1 atom stereocenters. The Hall–Kier alpha value is -2.80. The van der Waals surface area contributed by atoms with Crippen LogP contribution in [0.3, 0.4) is 0 Å². The number of hydrogen-bond donors (Lipinski definition) is 2. The number of nitrogens with one attached hydrogen (secondary N) is 1. The van der Waals surface area contributed by atoms with Crippen LogP contribution in [-0.2, 0) is 29.1 Å². The molecule has 0 aliphatic carbocycles. The topological polar surface area (TPSA) is 136 Å². The Kier molecular flexibility index (Phi) is 9.05. The largest absolute Gasteiger partial charge is 0.491 e. The molecule has 0 spiro atoms. The minimum atomic E-state index is -4.38. The van der Waals surface area contributed by atoms with E-state index in [4.69, 9.17) is 8.92 Å². The highest BCUT2D eigenvalue weighted by Gasteiger charge is 2.52. The summed E-state index contributed by atoms with van der Waals surface area (Å²) in [5, 5.41) is 9.82. The summed E-state index contributed by atoms with van der Waals surface area (Å²) in [5.41, 5.74) is -2.49. The van der Waals surface area contributed by atoms with Crippen LogP contribution in [0.4, 0.5) is 4.39 Å². The number of sulfonamides is 1. The second kappa shape index (κ2) is 11.1. The van der Waals surface area contributed by atoms with Gasteiger partial charge in [-0.2, -0.15) is 13.1 Å². The lowest BCUT2D eigenvalue weighted by molar-refractivity contribution is -0.149. The Morgan fingerprint density at radius 3 is 1.97 bits per heavy atom. The van der Waals surface area contributed by atoms with Crippen molar-refractivity contribution in [2.45, 2.75) is 49.4 Å². The van der Waals surface area contributed by atoms with Crippen LogP contribution in [-0.4, -0.2) is 46.7 Å². The molecule has 0 radical (unpaired) electrons.